The maximum atomic E-state index is 10.8. The zero-order chi connectivity index (χ0) is 10.9. The van der Waals surface area contributed by atoms with Crippen LogP contribution in [0.1, 0.15) is 0 Å². The first-order chi connectivity index (χ1) is 6.32. The van der Waals surface area contributed by atoms with Crippen molar-refractivity contribution in [1.29, 1.82) is 0 Å². The van der Waals surface area contributed by atoms with E-state index in [1.54, 1.807) is 0 Å². The van der Waals surface area contributed by atoms with Crippen molar-refractivity contribution in [1.82, 2.24) is 4.98 Å². The van der Waals surface area contributed by atoms with Crippen LogP contribution in [0.2, 0.25) is 0 Å². The summed E-state index contributed by atoms with van der Waals surface area (Å²) in [5.41, 5.74) is -0.322. The lowest BCUT2D eigenvalue weighted by Gasteiger charge is -1.98. The lowest BCUT2D eigenvalue weighted by molar-refractivity contribution is -0.386. The zero-order valence-electron chi connectivity index (χ0n) is 6.55. The highest BCUT2D eigenvalue weighted by Crippen LogP contribution is 2.24. The molecule has 0 unspecified atom stereocenters. The van der Waals surface area contributed by atoms with Crippen LogP contribution < -0.4 is 5.14 Å². The number of halogens is 1. The fourth-order valence-corrected chi connectivity index (χ4v) is 1.79. The zero-order valence-corrected chi connectivity index (χ0v) is 8.95. The third kappa shape index (κ3) is 2.25. The van der Waals surface area contributed by atoms with E-state index in [9.17, 15) is 18.5 Å². The maximum absolute atomic E-state index is 10.8. The lowest BCUT2D eigenvalue weighted by Crippen LogP contribution is -2.14. The quantitative estimate of drug-likeness (QED) is 0.622. The molecule has 0 aliphatic rings. The van der Waals surface area contributed by atoms with Crippen LogP contribution in [0.15, 0.2) is 21.8 Å². The van der Waals surface area contributed by atoms with Gasteiger partial charge in [-0.05, 0) is 22.0 Å². The lowest BCUT2D eigenvalue weighted by atomic mass is 10.4. The van der Waals surface area contributed by atoms with Crippen LogP contribution in [0.25, 0.3) is 0 Å². The molecule has 1 heterocycles. The van der Waals surface area contributed by atoms with Crippen molar-refractivity contribution in [2.75, 3.05) is 0 Å². The van der Waals surface area contributed by atoms with Gasteiger partial charge in [0.1, 0.15) is 6.20 Å². The van der Waals surface area contributed by atoms with Gasteiger partial charge in [-0.2, -0.15) is 0 Å². The number of hydrogen-bond donors (Lipinski definition) is 1. The van der Waals surface area contributed by atoms with Crippen molar-refractivity contribution in [3.05, 3.63) is 26.9 Å². The van der Waals surface area contributed by atoms with Crippen LogP contribution in [-0.4, -0.2) is 18.3 Å². The molecule has 2 N–H and O–H groups in total. The highest BCUT2D eigenvalue weighted by molar-refractivity contribution is 9.10. The highest BCUT2D eigenvalue weighted by atomic mass is 79.9. The molecule has 0 aliphatic carbocycles. The highest BCUT2D eigenvalue weighted by Gasteiger charge is 2.17. The third-order valence-corrected chi connectivity index (χ3v) is 2.74. The van der Waals surface area contributed by atoms with Gasteiger partial charge in [-0.25, -0.2) is 18.5 Å². The number of pyridine rings is 1. The number of aromatic nitrogens is 1. The summed E-state index contributed by atoms with van der Waals surface area (Å²) < 4.78 is 21.6. The van der Waals surface area contributed by atoms with Gasteiger partial charge < -0.3 is 0 Å². The minimum absolute atomic E-state index is 0.0153. The molecule has 0 saturated heterocycles. The molecule has 7 nitrogen and oxygen atoms in total. The smallest absolute Gasteiger partial charge is 0.258 e. The molecule has 0 aromatic carbocycles. The Morgan fingerprint density at radius 3 is 2.50 bits per heavy atom. The molecule has 0 bridgehead atoms. The second kappa shape index (κ2) is 3.59. The monoisotopic (exact) mass is 281 g/mol. The van der Waals surface area contributed by atoms with Crippen molar-refractivity contribution in [2.45, 2.75) is 5.03 Å². The molecule has 1 aromatic heterocycles. The van der Waals surface area contributed by atoms with Gasteiger partial charge in [0.2, 0.25) is 0 Å². The summed E-state index contributed by atoms with van der Waals surface area (Å²) in [6.07, 6.45) is 0.823. The van der Waals surface area contributed by atoms with Gasteiger partial charge in [-0.3, -0.25) is 10.1 Å². The fraction of sp³-hybridized carbons (Fsp3) is 0. The van der Waals surface area contributed by atoms with Crippen LogP contribution in [0, 0.1) is 10.1 Å². The standard InChI is InChI=1S/C5H4BrN3O4S/c6-3-1-5(14(7,12)13)8-2-4(3)9(10)11/h1-2H,(H2,7,12,13). The fourth-order valence-electron chi connectivity index (χ4n) is 0.696. The van der Waals surface area contributed by atoms with Gasteiger partial charge in [-0.15, -0.1) is 0 Å². The SMILES string of the molecule is NS(=O)(=O)c1cc(Br)c([N+](=O)[O-])cn1. The molecule has 76 valence electrons. The van der Waals surface area contributed by atoms with Crippen LogP contribution in [0.5, 0.6) is 0 Å². The van der Waals surface area contributed by atoms with E-state index in [0.29, 0.717) is 0 Å². The number of hydrogen-bond acceptors (Lipinski definition) is 5. The Balaban J connectivity index is 3.34. The summed E-state index contributed by atoms with van der Waals surface area (Å²) in [6.45, 7) is 0. The number of nitro groups is 1. The van der Waals surface area contributed by atoms with Crippen molar-refractivity contribution < 1.29 is 13.3 Å². The van der Waals surface area contributed by atoms with Gasteiger partial charge in [0.25, 0.3) is 10.0 Å². The number of nitrogens with two attached hydrogens (primary N) is 1. The maximum Gasteiger partial charge on any atom is 0.301 e. The Bertz CT molecular complexity index is 486. The van der Waals surface area contributed by atoms with E-state index >= 15 is 0 Å². The van der Waals surface area contributed by atoms with Crippen molar-refractivity contribution in [2.24, 2.45) is 5.14 Å². The van der Waals surface area contributed by atoms with E-state index in [1.165, 1.54) is 0 Å². The number of sulfonamides is 1. The predicted molar refractivity (Wildman–Crippen MR) is 50.0 cm³/mol. The predicted octanol–water partition coefficient (Wildman–Crippen LogP) is 0.400. The van der Waals surface area contributed by atoms with Crippen molar-refractivity contribution in [3.63, 3.8) is 0 Å². The Kier molecular flexibility index (Phi) is 2.83. The van der Waals surface area contributed by atoms with Gasteiger partial charge >= 0.3 is 5.69 Å². The summed E-state index contributed by atoms with van der Waals surface area (Å²) in [5, 5.41) is 14.7. The average Bonchev–Trinajstić information content (AvgIpc) is 2.01. The summed E-state index contributed by atoms with van der Waals surface area (Å²) in [4.78, 5) is 13.0. The topological polar surface area (TPSA) is 116 Å². The molecule has 1 rings (SSSR count). The second-order valence-corrected chi connectivity index (χ2v) is 4.64. The largest absolute Gasteiger partial charge is 0.301 e. The van der Waals surface area contributed by atoms with Crippen molar-refractivity contribution in [3.8, 4) is 0 Å². The molecule has 0 fully saturated rings. The molecule has 0 atom stereocenters. The molecule has 9 heteroatoms. The minimum atomic E-state index is -3.93. The van der Waals surface area contributed by atoms with Gasteiger partial charge in [-0.1, -0.05) is 0 Å². The van der Waals surface area contributed by atoms with E-state index < -0.39 is 20.0 Å². The Morgan fingerprint density at radius 2 is 2.14 bits per heavy atom. The van der Waals surface area contributed by atoms with Gasteiger partial charge in [0, 0.05) is 0 Å². The van der Waals surface area contributed by atoms with E-state index in [1.807, 2.05) is 0 Å². The second-order valence-electron chi connectivity index (χ2n) is 2.28. The normalized spacial score (nSPS) is 11.3. The van der Waals surface area contributed by atoms with E-state index in [2.05, 4.69) is 20.9 Å². The third-order valence-electron chi connectivity index (χ3n) is 1.30. The average molecular weight is 282 g/mol. The summed E-state index contributed by atoms with van der Waals surface area (Å²) in [7, 11) is -3.93. The van der Waals surface area contributed by atoms with Crippen LogP contribution in [0.4, 0.5) is 5.69 Å². The van der Waals surface area contributed by atoms with Crippen molar-refractivity contribution >= 4 is 31.6 Å². The number of nitrogens with zero attached hydrogens (tertiary/aromatic N) is 2. The summed E-state index contributed by atoms with van der Waals surface area (Å²) in [5.74, 6) is 0. The summed E-state index contributed by atoms with van der Waals surface area (Å²) in [6, 6.07) is 0.980. The molecule has 0 aliphatic heterocycles. The molecule has 0 radical (unpaired) electrons. The summed E-state index contributed by atoms with van der Waals surface area (Å²) >= 11 is 2.84. The van der Waals surface area contributed by atoms with Gasteiger partial charge in [0.15, 0.2) is 5.03 Å². The first-order valence-electron chi connectivity index (χ1n) is 3.15. The number of rotatable bonds is 2. The molecule has 0 saturated carbocycles. The molecule has 14 heavy (non-hydrogen) atoms. The van der Waals surface area contributed by atoms with Crippen LogP contribution in [0.3, 0.4) is 0 Å². The van der Waals surface area contributed by atoms with Crippen LogP contribution >= 0.6 is 15.9 Å². The number of primary sulfonamides is 1. The first kappa shape index (κ1) is 11.0. The molecular weight excluding hydrogens is 278 g/mol. The minimum Gasteiger partial charge on any atom is -0.258 e. The van der Waals surface area contributed by atoms with E-state index in [-0.39, 0.29) is 10.2 Å². The van der Waals surface area contributed by atoms with Gasteiger partial charge in [0.05, 0.1) is 9.40 Å². The first-order valence-corrected chi connectivity index (χ1v) is 5.49. The molecule has 0 spiro atoms. The Morgan fingerprint density at radius 1 is 1.57 bits per heavy atom. The molecule has 0 amide bonds. The van der Waals surface area contributed by atoms with E-state index in [4.69, 9.17) is 5.14 Å². The molecule has 1 aromatic rings. The molecular formula is C5H4BrN3O4S. The van der Waals surface area contributed by atoms with E-state index in [0.717, 1.165) is 12.3 Å². The Hall–Kier alpha value is -1.06. The van der Waals surface area contributed by atoms with Crippen LogP contribution in [-0.2, 0) is 10.0 Å². The Labute approximate surface area is 87.3 Å².